The molecule has 5 heteroatoms. The maximum Gasteiger partial charge on any atom is 0.225 e. The summed E-state index contributed by atoms with van der Waals surface area (Å²) in [7, 11) is 0. The number of carbonyl (C=O) groups excluding carboxylic acids is 1. The van der Waals surface area contributed by atoms with Crippen molar-refractivity contribution in [1.82, 2.24) is 9.36 Å². The molecule has 0 fully saturated rings. The molecule has 0 aliphatic heterocycles. The van der Waals surface area contributed by atoms with Crippen molar-refractivity contribution in [3.63, 3.8) is 0 Å². The van der Waals surface area contributed by atoms with E-state index in [0.29, 0.717) is 6.42 Å². The molecule has 0 saturated heterocycles. The Hall–Kier alpha value is -1.75. The van der Waals surface area contributed by atoms with Gasteiger partial charge in [-0.1, -0.05) is 0 Å². The summed E-state index contributed by atoms with van der Waals surface area (Å²) in [4.78, 5) is 15.6. The summed E-state index contributed by atoms with van der Waals surface area (Å²) in [5, 5.41) is 3.64. The molecule has 0 aliphatic rings. The zero-order valence-electron chi connectivity index (χ0n) is 9.51. The third-order valence-electron chi connectivity index (χ3n) is 2.28. The highest BCUT2D eigenvalue weighted by Gasteiger charge is 2.05. The number of hydrogen-bond donors (Lipinski definition) is 1. The lowest BCUT2D eigenvalue weighted by Gasteiger charge is -2.01. The van der Waals surface area contributed by atoms with Gasteiger partial charge in [-0.05, 0) is 48.6 Å². The van der Waals surface area contributed by atoms with E-state index in [1.807, 2.05) is 25.1 Å². The molecular weight excluding hydrogens is 234 g/mol. The lowest BCUT2D eigenvalue weighted by molar-refractivity contribution is -0.116. The molecular formula is C12H13N3OS. The quantitative estimate of drug-likeness (QED) is 0.902. The van der Waals surface area contributed by atoms with Crippen LogP contribution in [-0.4, -0.2) is 15.3 Å². The third-order valence-corrected chi connectivity index (χ3v) is 3.08. The van der Waals surface area contributed by atoms with Crippen molar-refractivity contribution in [3.8, 4) is 0 Å². The van der Waals surface area contributed by atoms with Gasteiger partial charge in [-0.3, -0.25) is 9.78 Å². The first-order valence-corrected chi connectivity index (χ1v) is 6.13. The Morgan fingerprint density at radius 2 is 2.18 bits per heavy atom. The predicted molar refractivity (Wildman–Crippen MR) is 68.0 cm³/mol. The normalized spacial score (nSPS) is 10.2. The monoisotopic (exact) mass is 247 g/mol. The van der Waals surface area contributed by atoms with E-state index in [-0.39, 0.29) is 5.91 Å². The molecule has 0 aromatic carbocycles. The summed E-state index contributed by atoms with van der Waals surface area (Å²) in [5.41, 5.74) is 2.05. The number of pyridine rings is 1. The molecule has 0 spiro atoms. The van der Waals surface area contributed by atoms with Crippen molar-refractivity contribution in [2.24, 2.45) is 0 Å². The average Bonchev–Trinajstić information content (AvgIpc) is 2.73. The van der Waals surface area contributed by atoms with Crippen molar-refractivity contribution in [1.29, 1.82) is 0 Å². The van der Waals surface area contributed by atoms with E-state index < -0.39 is 0 Å². The van der Waals surface area contributed by atoms with Crippen molar-refractivity contribution >= 4 is 22.4 Å². The van der Waals surface area contributed by atoms with E-state index in [0.717, 1.165) is 22.7 Å². The number of aryl methyl sites for hydroxylation is 2. The first-order chi connectivity index (χ1) is 8.24. The zero-order valence-corrected chi connectivity index (χ0v) is 10.3. The van der Waals surface area contributed by atoms with Gasteiger partial charge < -0.3 is 5.32 Å². The fourth-order valence-electron chi connectivity index (χ4n) is 1.43. The molecule has 0 bridgehead atoms. The van der Waals surface area contributed by atoms with Gasteiger partial charge in [-0.25, -0.2) is 0 Å². The Kier molecular flexibility index (Phi) is 3.82. The van der Waals surface area contributed by atoms with Crippen LogP contribution in [0.5, 0.6) is 0 Å². The zero-order chi connectivity index (χ0) is 12.1. The fraction of sp³-hybridized carbons (Fsp3) is 0.250. The molecule has 0 saturated carbocycles. The van der Waals surface area contributed by atoms with Crippen molar-refractivity contribution in [3.05, 3.63) is 41.9 Å². The largest absolute Gasteiger partial charge is 0.316 e. The minimum atomic E-state index is 0.0189. The molecule has 0 atom stereocenters. The number of anilines is 1. The molecule has 88 valence electrons. The minimum absolute atomic E-state index is 0.0189. The number of rotatable bonds is 4. The Morgan fingerprint density at radius 1 is 1.41 bits per heavy atom. The second-order valence-corrected chi connectivity index (χ2v) is 4.54. The summed E-state index contributed by atoms with van der Waals surface area (Å²) in [5.74, 6) is 0.0189. The van der Waals surface area contributed by atoms with Gasteiger partial charge in [0.1, 0.15) is 5.00 Å². The first kappa shape index (κ1) is 11.7. The standard InChI is InChI=1S/C12H13N3OS/c1-9-8-12(17-15-9)14-11(16)3-2-10-4-6-13-7-5-10/h4-8H,2-3H2,1H3,(H,14,16). The van der Waals surface area contributed by atoms with E-state index in [4.69, 9.17) is 0 Å². The molecule has 0 unspecified atom stereocenters. The summed E-state index contributed by atoms with van der Waals surface area (Å²) in [6.45, 7) is 1.91. The number of aromatic nitrogens is 2. The van der Waals surface area contributed by atoms with Crippen molar-refractivity contribution in [2.45, 2.75) is 19.8 Å². The summed E-state index contributed by atoms with van der Waals surface area (Å²) in [6.07, 6.45) is 4.67. The average molecular weight is 247 g/mol. The van der Waals surface area contributed by atoms with Gasteiger partial charge in [-0.2, -0.15) is 4.37 Å². The number of nitrogens with one attached hydrogen (secondary N) is 1. The first-order valence-electron chi connectivity index (χ1n) is 5.36. The van der Waals surface area contributed by atoms with Crippen LogP contribution in [0.4, 0.5) is 5.00 Å². The Bertz CT molecular complexity index is 495. The minimum Gasteiger partial charge on any atom is -0.316 e. The summed E-state index contributed by atoms with van der Waals surface area (Å²) < 4.78 is 4.11. The van der Waals surface area contributed by atoms with Gasteiger partial charge in [0.2, 0.25) is 5.91 Å². The number of amides is 1. The molecule has 2 rings (SSSR count). The molecule has 0 aliphatic carbocycles. The second-order valence-electron chi connectivity index (χ2n) is 3.74. The summed E-state index contributed by atoms with van der Waals surface area (Å²) in [6, 6.07) is 5.71. The molecule has 17 heavy (non-hydrogen) atoms. The van der Waals surface area contributed by atoms with Gasteiger partial charge in [0.25, 0.3) is 0 Å². The lowest BCUT2D eigenvalue weighted by Crippen LogP contribution is -2.11. The van der Waals surface area contributed by atoms with Crippen LogP contribution in [0, 0.1) is 6.92 Å². The van der Waals surface area contributed by atoms with Gasteiger partial charge >= 0.3 is 0 Å². The predicted octanol–water partition coefficient (Wildman–Crippen LogP) is 2.42. The van der Waals surface area contributed by atoms with Gasteiger partial charge in [-0.15, -0.1) is 0 Å². The molecule has 2 heterocycles. The van der Waals surface area contributed by atoms with Crippen LogP contribution >= 0.6 is 11.5 Å². The molecule has 2 aromatic rings. The Labute approximate surface area is 104 Å². The van der Waals surface area contributed by atoms with E-state index in [2.05, 4.69) is 14.7 Å². The van der Waals surface area contributed by atoms with Gasteiger partial charge in [0, 0.05) is 18.8 Å². The van der Waals surface area contributed by atoms with E-state index in [9.17, 15) is 4.79 Å². The van der Waals surface area contributed by atoms with Crippen molar-refractivity contribution in [2.75, 3.05) is 5.32 Å². The smallest absolute Gasteiger partial charge is 0.225 e. The third kappa shape index (κ3) is 3.64. The lowest BCUT2D eigenvalue weighted by atomic mass is 10.1. The van der Waals surface area contributed by atoms with Crippen LogP contribution in [-0.2, 0) is 11.2 Å². The van der Waals surface area contributed by atoms with Crippen LogP contribution in [0.2, 0.25) is 0 Å². The van der Waals surface area contributed by atoms with Crippen LogP contribution in [0.3, 0.4) is 0 Å². The molecule has 1 N–H and O–H groups in total. The van der Waals surface area contributed by atoms with Crippen LogP contribution in [0.15, 0.2) is 30.6 Å². The molecule has 0 radical (unpaired) electrons. The topological polar surface area (TPSA) is 54.9 Å². The van der Waals surface area contributed by atoms with Crippen LogP contribution in [0.25, 0.3) is 0 Å². The molecule has 1 amide bonds. The maximum absolute atomic E-state index is 11.6. The van der Waals surface area contributed by atoms with Gasteiger partial charge in [0.15, 0.2) is 0 Å². The highest BCUT2D eigenvalue weighted by molar-refractivity contribution is 7.10. The van der Waals surface area contributed by atoms with E-state index in [1.54, 1.807) is 12.4 Å². The van der Waals surface area contributed by atoms with Crippen molar-refractivity contribution < 1.29 is 4.79 Å². The number of carbonyl (C=O) groups is 1. The highest BCUT2D eigenvalue weighted by Crippen LogP contribution is 2.15. The van der Waals surface area contributed by atoms with Crippen LogP contribution < -0.4 is 5.32 Å². The Morgan fingerprint density at radius 3 is 2.82 bits per heavy atom. The number of nitrogens with zero attached hydrogens (tertiary/aromatic N) is 2. The van der Waals surface area contributed by atoms with E-state index in [1.165, 1.54) is 11.5 Å². The molecule has 2 aromatic heterocycles. The SMILES string of the molecule is Cc1cc(NC(=O)CCc2ccncc2)sn1. The van der Waals surface area contributed by atoms with Crippen LogP contribution in [0.1, 0.15) is 17.7 Å². The maximum atomic E-state index is 11.6. The van der Waals surface area contributed by atoms with E-state index >= 15 is 0 Å². The summed E-state index contributed by atoms with van der Waals surface area (Å²) >= 11 is 1.31. The number of hydrogen-bond acceptors (Lipinski definition) is 4. The second kappa shape index (κ2) is 5.54. The fourth-order valence-corrected chi connectivity index (χ4v) is 2.11. The molecule has 4 nitrogen and oxygen atoms in total. The Balaban J connectivity index is 1.82. The van der Waals surface area contributed by atoms with Gasteiger partial charge in [0.05, 0.1) is 5.69 Å². The highest BCUT2D eigenvalue weighted by atomic mass is 32.1.